The fourth-order valence-corrected chi connectivity index (χ4v) is 2.14. The first kappa shape index (κ1) is 15.4. The molecule has 1 aromatic carbocycles. The van der Waals surface area contributed by atoms with E-state index in [9.17, 15) is 9.18 Å². The van der Waals surface area contributed by atoms with Crippen LogP contribution in [0, 0.1) is 5.82 Å². The summed E-state index contributed by atoms with van der Waals surface area (Å²) >= 11 is 5.73. The highest BCUT2D eigenvalue weighted by molar-refractivity contribution is 6.30. The summed E-state index contributed by atoms with van der Waals surface area (Å²) in [4.78, 5) is 10.4. The van der Waals surface area contributed by atoms with E-state index in [0.717, 1.165) is 17.7 Å². The first-order valence-corrected chi connectivity index (χ1v) is 6.97. The Kier molecular flexibility index (Phi) is 5.27. The van der Waals surface area contributed by atoms with Gasteiger partial charge in [0.25, 0.3) is 0 Å². The van der Waals surface area contributed by atoms with E-state index in [1.54, 1.807) is 23.0 Å². The van der Waals surface area contributed by atoms with Crippen molar-refractivity contribution >= 4 is 17.6 Å². The van der Waals surface area contributed by atoms with Gasteiger partial charge >= 0.3 is 5.97 Å². The highest BCUT2D eigenvalue weighted by atomic mass is 35.5. The average Bonchev–Trinajstić information content (AvgIpc) is 2.86. The van der Waals surface area contributed by atoms with E-state index < -0.39 is 11.8 Å². The number of aryl methyl sites for hydroxylation is 1. The Morgan fingerprint density at radius 1 is 1.38 bits per heavy atom. The maximum absolute atomic E-state index is 13.1. The molecule has 2 aromatic rings. The standard InChI is InChI=1S/C14H15ClFN3O2/c15-12-7-10(5-6-13(12)16)8-19-9-11(17-18-19)3-1-2-4-14(20)21/h5-7,9H,1-4,8H2,(H,20,21). The van der Waals surface area contributed by atoms with Gasteiger partial charge < -0.3 is 5.11 Å². The molecule has 7 heteroatoms. The highest BCUT2D eigenvalue weighted by Gasteiger charge is 2.05. The predicted octanol–water partition coefficient (Wildman–Crippen LogP) is 2.92. The number of carboxylic acids is 1. The Bertz CT molecular complexity index is 630. The topological polar surface area (TPSA) is 68.0 Å². The van der Waals surface area contributed by atoms with Gasteiger partial charge in [0, 0.05) is 12.6 Å². The summed E-state index contributed by atoms with van der Waals surface area (Å²) in [6.45, 7) is 0.460. The molecule has 0 bridgehead atoms. The number of rotatable bonds is 7. The van der Waals surface area contributed by atoms with Crippen molar-refractivity contribution in [3.63, 3.8) is 0 Å². The average molecular weight is 312 g/mol. The summed E-state index contributed by atoms with van der Waals surface area (Å²) in [5.41, 5.74) is 1.65. The zero-order valence-electron chi connectivity index (χ0n) is 11.3. The third-order valence-electron chi connectivity index (χ3n) is 2.99. The van der Waals surface area contributed by atoms with Gasteiger partial charge in [-0.15, -0.1) is 5.10 Å². The second kappa shape index (κ2) is 7.17. The second-order valence-electron chi connectivity index (χ2n) is 4.76. The zero-order chi connectivity index (χ0) is 15.2. The van der Waals surface area contributed by atoms with Crippen molar-refractivity contribution in [2.75, 3.05) is 0 Å². The van der Waals surface area contributed by atoms with Gasteiger partial charge in [-0.25, -0.2) is 9.07 Å². The monoisotopic (exact) mass is 311 g/mol. The summed E-state index contributed by atoms with van der Waals surface area (Å²) in [7, 11) is 0. The molecule has 0 fully saturated rings. The van der Waals surface area contributed by atoms with Gasteiger partial charge in [-0.2, -0.15) is 0 Å². The Hall–Kier alpha value is -1.95. The maximum Gasteiger partial charge on any atom is 0.303 e. The molecule has 21 heavy (non-hydrogen) atoms. The van der Waals surface area contributed by atoms with Crippen molar-refractivity contribution in [3.05, 3.63) is 46.5 Å². The lowest BCUT2D eigenvalue weighted by Crippen LogP contribution is -2.00. The SMILES string of the molecule is O=C(O)CCCCc1cn(Cc2ccc(F)c(Cl)c2)nn1. The van der Waals surface area contributed by atoms with Gasteiger partial charge in [-0.3, -0.25) is 4.79 Å². The molecule has 1 N–H and O–H groups in total. The van der Waals surface area contributed by atoms with Crippen LogP contribution in [0.15, 0.2) is 24.4 Å². The Balaban J connectivity index is 1.87. The number of benzene rings is 1. The molecule has 0 aliphatic carbocycles. The number of unbranched alkanes of at least 4 members (excludes halogenated alkanes) is 1. The molecule has 5 nitrogen and oxygen atoms in total. The van der Waals surface area contributed by atoms with Crippen molar-refractivity contribution in [2.24, 2.45) is 0 Å². The minimum absolute atomic E-state index is 0.0847. The molecule has 0 aliphatic heterocycles. The number of aromatic nitrogens is 3. The summed E-state index contributed by atoms with van der Waals surface area (Å²) in [5.74, 6) is -1.23. The van der Waals surface area contributed by atoms with Gasteiger partial charge in [0.15, 0.2) is 0 Å². The molecular weight excluding hydrogens is 297 g/mol. The summed E-state index contributed by atoms with van der Waals surface area (Å²) in [6, 6.07) is 4.53. The van der Waals surface area contributed by atoms with Crippen molar-refractivity contribution in [1.29, 1.82) is 0 Å². The lowest BCUT2D eigenvalue weighted by Gasteiger charge is -2.02. The Morgan fingerprint density at radius 2 is 2.19 bits per heavy atom. The Morgan fingerprint density at radius 3 is 2.90 bits per heavy atom. The van der Waals surface area contributed by atoms with E-state index >= 15 is 0 Å². The van der Waals surface area contributed by atoms with Crippen molar-refractivity contribution < 1.29 is 14.3 Å². The molecule has 0 saturated carbocycles. The number of hydrogen-bond donors (Lipinski definition) is 1. The van der Waals surface area contributed by atoms with Crippen LogP contribution in [0.4, 0.5) is 4.39 Å². The van der Waals surface area contributed by atoms with Crippen LogP contribution in [0.1, 0.15) is 30.5 Å². The Labute approximate surface area is 126 Å². The number of nitrogens with zero attached hydrogens (tertiary/aromatic N) is 3. The summed E-state index contributed by atoms with van der Waals surface area (Å²) in [6.07, 6.45) is 4.04. The summed E-state index contributed by atoms with van der Waals surface area (Å²) in [5, 5.41) is 16.7. The molecule has 0 spiro atoms. The molecular formula is C14H15ClFN3O2. The number of carboxylic acid groups (broad SMARTS) is 1. The fourth-order valence-electron chi connectivity index (χ4n) is 1.94. The van der Waals surface area contributed by atoms with Gasteiger partial charge in [-0.1, -0.05) is 22.9 Å². The van der Waals surface area contributed by atoms with Crippen LogP contribution < -0.4 is 0 Å². The van der Waals surface area contributed by atoms with Crippen LogP contribution in [0.5, 0.6) is 0 Å². The van der Waals surface area contributed by atoms with Crippen LogP contribution in [0.2, 0.25) is 5.02 Å². The van der Waals surface area contributed by atoms with Crippen LogP contribution in [0.25, 0.3) is 0 Å². The minimum atomic E-state index is -0.785. The van der Waals surface area contributed by atoms with Crippen molar-refractivity contribution in [1.82, 2.24) is 15.0 Å². The second-order valence-corrected chi connectivity index (χ2v) is 5.16. The highest BCUT2D eigenvalue weighted by Crippen LogP contribution is 2.16. The fraction of sp³-hybridized carbons (Fsp3) is 0.357. The van der Waals surface area contributed by atoms with Crippen LogP contribution in [-0.2, 0) is 17.8 Å². The van der Waals surface area contributed by atoms with Gasteiger partial charge in [0.05, 0.1) is 17.3 Å². The zero-order valence-corrected chi connectivity index (χ0v) is 12.1. The smallest absolute Gasteiger partial charge is 0.303 e. The molecule has 0 atom stereocenters. The van der Waals surface area contributed by atoms with Gasteiger partial charge in [0.2, 0.25) is 0 Å². The first-order chi connectivity index (χ1) is 10.0. The van der Waals surface area contributed by atoms with Crippen LogP contribution in [0.3, 0.4) is 0 Å². The third kappa shape index (κ3) is 4.82. The van der Waals surface area contributed by atoms with E-state index in [1.807, 2.05) is 0 Å². The van der Waals surface area contributed by atoms with Gasteiger partial charge in [-0.05, 0) is 37.0 Å². The largest absolute Gasteiger partial charge is 0.481 e. The molecule has 112 valence electrons. The van der Waals surface area contributed by atoms with Crippen molar-refractivity contribution in [3.8, 4) is 0 Å². The summed E-state index contributed by atoms with van der Waals surface area (Å²) < 4.78 is 14.7. The number of aliphatic carboxylic acids is 1. The molecule has 0 unspecified atom stereocenters. The predicted molar refractivity (Wildman–Crippen MR) is 75.7 cm³/mol. The van der Waals surface area contributed by atoms with Crippen LogP contribution in [-0.4, -0.2) is 26.1 Å². The van der Waals surface area contributed by atoms with Crippen molar-refractivity contribution in [2.45, 2.75) is 32.2 Å². The number of halogens is 2. The number of carbonyl (C=O) groups is 1. The molecule has 2 rings (SSSR count). The normalized spacial score (nSPS) is 10.8. The van der Waals surface area contributed by atoms with E-state index in [1.165, 1.54) is 6.07 Å². The molecule has 0 amide bonds. The number of hydrogen-bond acceptors (Lipinski definition) is 3. The minimum Gasteiger partial charge on any atom is -0.481 e. The molecule has 0 saturated heterocycles. The molecule has 0 aliphatic rings. The van der Waals surface area contributed by atoms with E-state index in [4.69, 9.17) is 16.7 Å². The maximum atomic E-state index is 13.1. The van der Waals surface area contributed by atoms with E-state index in [-0.39, 0.29) is 11.4 Å². The van der Waals surface area contributed by atoms with Crippen LogP contribution >= 0.6 is 11.6 Å². The lowest BCUT2D eigenvalue weighted by molar-refractivity contribution is -0.137. The first-order valence-electron chi connectivity index (χ1n) is 6.59. The molecule has 1 aromatic heterocycles. The lowest BCUT2D eigenvalue weighted by atomic mass is 10.1. The van der Waals surface area contributed by atoms with Gasteiger partial charge in [0.1, 0.15) is 5.82 Å². The molecule has 0 radical (unpaired) electrons. The molecule has 1 heterocycles. The van der Waals surface area contributed by atoms with E-state index in [0.29, 0.717) is 19.4 Å². The van der Waals surface area contributed by atoms with E-state index in [2.05, 4.69) is 10.3 Å². The third-order valence-corrected chi connectivity index (χ3v) is 3.28. The quantitative estimate of drug-likeness (QED) is 0.798.